The molecule has 0 aliphatic heterocycles. The van der Waals surface area contributed by atoms with Crippen LogP contribution in [0.25, 0.3) is 0 Å². The molecule has 0 spiro atoms. The zero-order valence-corrected chi connectivity index (χ0v) is 13.5. The fourth-order valence-corrected chi connectivity index (χ4v) is 2.70. The minimum atomic E-state index is -1.26. The number of hydrogen-bond donors (Lipinski definition) is 1. The van der Waals surface area contributed by atoms with Crippen molar-refractivity contribution in [3.05, 3.63) is 29.8 Å². The third-order valence-electron chi connectivity index (χ3n) is 2.70. The second kappa shape index (κ2) is 6.88. The summed E-state index contributed by atoms with van der Waals surface area (Å²) in [5.41, 5.74) is 0.587. The fourth-order valence-electron chi connectivity index (χ4n) is 1.64. The number of rotatable bonds is 5. The maximum absolute atomic E-state index is 12.2. The van der Waals surface area contributed by atoms with Gasteiger partial charge in [0.2, 0.25) is 5.91 Å². The van der Waals surface area contributed by atoms with Crippen LogP contribution in [0.1, 0.15) is 33.3 Å². The van der Waals surface area contributed by atoms with E-state index in [0.717, 1.165) is 11.3 Å². The summed E-state index contributed by atoms with van der Waals surface area (Å²) < 4.78 is 17.4. The molecule has 0 aliphatic carbocycles. The Kier molecular flexibility index (Phi) is 5.74. The molecule has 0 aromatic heterocycles. The summed E-state index contributed by atoms with van der Waals surface area (Å²) in [5, 5.41) is 2.31. The van der Waals surface area contributed by atoms with E-state index in [-0.39, 0.29) is 11.4 Å². The lowest BCUT2D eigenvalue weighted by molar-refractivity contribution is -0.121. The van der Waals surface area contributed by atoms with Crippen molar-refractivity contribution >= 4 is 16.7 Å². The van der Waals surface area contributed by atoms with Crippen LogP contribution in [-0.2, 0) is 21.3 Å². The first-order valence-electron chi connectivity index (χ1n) is 6.55. The Morgan fingerprint density at radius 2 is 2.05 bits per heavy atom. The van der Waals surface area contributed by atoms with E-state index in [1.165, 1.54) is 0 Å². The van der Waals surface area contributed by atoms with E-state index >= 15 is 0 Å². The third-order valence-corrected chi connectivity index (χ3v) is 4.33. The minimum absolute atomic E-state index is 0.182. The number of amides is 1. The molecule has 0 heterocycles. The number of hydrogen-bond acceptors (Lipinski definition) is 3. The van der Waals surface area contributed by atoms with Gasteiger partial charge in [0.05, 0.1) is 7.11 Å². The van der Waals surface area contributed by atoms with Gasteiger partial charge in [0, 0.05) is 22.1 Å². The summed E-state index contributed by atoms with van der Waals surface area (Å²) >= 11 is 0. The van der Waals surface area contributed by atoms with Gasteiger partial charge in [-0.2, -0.15) is 0 Å². The second-order valence-corrected chi connectivity index (χ2v) is 7.52. The number of ether oxygens (including phenoxy) is 1. The van der Waals surface area contributed by atoms with E-state index in [1.807, 2.05) is 45.0 Å². The summed E-state index contributed by atoms with van der Waals surface area (Å²) in [4.78, 5) is 12.0. The lowest BCUT2D eigenvalue weighted by Crippen LogP contribution is -2.46. The van der Waals surface area contributed by atoms with Crippen LogP contribution in [0.15, 0.2) is 24.3 Å². The Hall–Kier alpha value is -1.36. The van der Waals surface area contributed by atoms with Crippen LogP contribution in [0.2, 0.25) is 0 Å². The number of benzene rings is 1. The van der Waals surface area contributed by atoms with E-state index < -0.39 is 16.0 Å². The topological polar surface area (TPSA) is 55.4 Å². The molecule has 1 amide bonds. The molecule has 0 saturated heterocycles. The predicted octanol–water partition coefficient (Wildman–Crippen LogP) is 2.25. The SMILES string of the molecule is COc1cccc(C[S@@](=O)[C@H](C)C(=O)NC(C)(C)C)c1. The maximum Gasteiger partial charge on any atom is 0.235 e. The minimum Gasteiger partial charge on any atom is -0.497 e. The number of carbonyl (C=O) groups is 1. The van der Waals surface area contributed by atoms with Crippen molar-refractivity contribution in [2.45, 2.75) is 44.2 Å². The highest BCUT2D eigenvalue weighted by Crippen LogP contribution is 2.15. The van der Waals surface area contributed by atoms with Crippen molar-refractivity contribution in [1.29, 1.82) is 0 Å². The summed E-state index contributed by atoms with van der Waals surface area (Å²) in [6.45, 7) is 7.41. The molecule has 1 N–H and O–H groups in total. The number of nitrogens with one attached hydrogen (secondary N) is 1. The van der Waals surface area contributed by atoms with Crippen molar-refractivity contribution in [2.24, 2.45) is 0 Å². The van der Waals surface area contributed by atoms with E-state index in [0.29, 0.717) is 5.75 Å². The molecule has 1 aromatic rings. The normalized spacial score (nSPS) is 14.4. The number of methoxy groups -OCH3 is 1. The Labute approximate surface area is 123 Å². The standard InChI is InChI=1S/C15H23NO3S/c1-11(14(17)16-15(2,3)4)20(18)10-12-7-6-8-13(9-12)19-5/h6-9,11H,10H2,1-5H3,(H,16,17)/t11-,20-/m1/s1. The van der Waals surface area contributed by atoms with E-state index in [4.69, 9.17) is 4.74 Å². The summed E-state index contributed by atoms with van der Waals surface area (Å²) in [5.74, 6) is 0.890. The Morgan fingerprint density at radius 3 is 2.60 bits per heavy atom. The van der Waals surface area contributed by atoms with Gasteiger partial charge in [-0.05, 0) is 45.4 Å². The highest BCUT2D eigenvalue weighted by molar-refractivity contribution is 7.85. The highest BCUT2D eigenvalue weighted by Gasteiger charge is 2.23. The average Bonchev–Trinajstić information content (AvgIpc) is 2.36. The molecule has 1 aromatic carbocycles. The van der Waals surface area contributed by atoms with Gasteiger partial charge in [-0.1, -0.05) is 12.1 Å². The van der Waals surface area contributed by atoms with Crippen LogP contribution in [0, 0.1) is 0 Å². The Bertz CT molecular complexity index is 494. The molecule has 0 radical (unpaired) electrons. The quantitative estimate of drug-likeness (QED) is 0.907. The average molecular weight is 297 g/mol. The van der Waals surface area contributed by atoms with Gasteiger partial charge in [-0.15, -0.1) is 0 Å². The monoisotopic (exact) mass is 297 g/mol. The van der Waals surface area contributed by atoms with Crippen molar-refractivity contribution in [2.75, 3.05) is 7.11 Å². The zero-order chi connectivity index (χ0) is 15.3. The van der Waals surface area contributed by atoms with Crippen LogP contribution in [0.4, 0.5) is 0 Å². The zero-order valence-electron chi connectivity index (χ0n) is 12.7. The molecule has 0 aliphatic rings. The molecule has 0 fully saturated rings. The molecule has 20 heavy (non-hydrogen) atoms. The molecule has 0 bridgehead atoms. The van der Waals surface area contributed by atoms with Gasteiger partial charge in [-0.3, -0.25) is 9.00 Å². The molecular weight excluding hydrogens is 274 g/mol. The first-order chi connectivity index (χ1) is 9.23. The molecule has 2 atom stereocenters. The molecule has 5 heteroatoms. The first-order valence-corrected chi connectivity index (χ1v) is 7.93. The summed E-state index contributed by atoms with van der Waals surface area (Å²) in [6, 6.07) is 7.41. The lowest BCUT2D eigenvalue weighted by Gasteiger charge is -2.23. The largest absolute Gasteiger partial charge is 0.497 e. The first kappa shape index (κ1) is 16.7. The van der Waals surface area contributed by atoms with Gasteiger partial charge in [-0.25, -0.2) is 0 Å². The van der Waals surface area contributed by atoms with Crippen LogP contribution in [-0.4, -0.2) is 28.0 Å². The van der Waals surface area contributed by atoms with Crippen molar-refractivity contribution in [3.8, 4) is 5.75 Å². The van der Waals surface area contributed by atoms with Gasteiger partial charge in [0.1, 0.15) is 11.0 Å². The van der Waals surface area contributed by atoms with Crippen LogP contribution < -0.4 is 10.1 Å². The predicted molar refractivity (Wildman–Crippen MR) is 82.2 cm³/mol. The lowest BCUT2D eigenvalue weighted by atomic mass is 10.1. The van der Waals surface area contributed by atoms with Crippen LogP contribution in [0.5, 0.6) is 5.75 Å². The van der Waals surface area contributed by atoms with E-state index in [2.05, 4.69) is 5.32 Å². The van der Waals surface area contributed by atoms with Crippen molar-refractivity contribution in [1.82, 2.24) is 5.32 Å². The molecular formula is C15H23NO3S. The van der Waals surface area contributed by atoms with E-state index in [9.17, 15) is 9.00 Å². The van der Waals surface area contributed by atoms with Gasteiger partial charge >= 0.3 is 0 Å². The van der Waals surface area contributed by atoms with Gasteiger partial charge in [0.25, 0.3) is 0 Å². The molecule has 1 rings (SSSR count). The van der Waals surface area contributed by atoms with E-state index in [1.54, 1.807) is 14.0 Å². The van der Waals surface area contributed by atoms with Gasteiger partial charge < -0.3 is 10.1 Å². The maximum atomic E-state index is 12.2. The highest BCUT2D eigenvalue weighted by atomic mass is 32.2. The number of carbonyl (C=O) groups excluding carboxylic acids is 1. The fraction of sp³-hybridized carbons (Fsp3) is 0.533. The van der Waals surface area contributed by atoms with Crippen molar-refractivity contribution < 1.29 is 13.7 Å². The van der Waals surface area contributed by atoms with Crippen molar-refractivity contribution in [3.63, 3.8) is 0 Å². The third kappa shape index (κ3) is 5.33. The molecule has 0 unspecified atom stereocenters. The van der Waals surface area contributed by atoms with Crippen LogP contribution >= 0.6 is 0 Å². The summed E-state index contributed by atoms with van der Waals surface area (Å²) in [6.07, 6.45) is 0. The summed E-state index contributed by atoms with van der Waals surface area (Å²) in [7, 11) is 0.334. The molecule has 112 valence electrons. The molecule has 0 saturated carbocycles. The van der Waals surface area contributed by atoms with Crippen LogP contribution in [0.3, 0.4) is 0 Å². The Morgan fingerprint density at radius 1 is 1.40 bits per heavy atom. The smallest absolute Gasteiger partial charge is 0.235 e. The Balaban J connectivity index is 2.68. The second-order valence-electron chi connectivity index (χ2n) is 5.76. The van der Waals surface area contributed by atoms with Gasteiger partial charge in [0.15, 0.2) is 0 Å². The molecule has 4 nitrogen and oxygen atoms in total.